The molecule has 2 rings (SSSR count). The maximum Gasteiger partial charge on any atom is 0.291 e. The number of methoxy groups -OCH3 is 1. The Kier molecular flexibility index (Phi) is 6.02. The fraction of sp³-hybridized carbons (Fsp3) is 0.714. The van der Waals surface area contributed by atoms with Crippen LogP contribution in [0, 0.1) is 5.92 Å². The fourth-order valence-electron chi connectivity index (χ4n) is 2.03. The summed E-state index contributed by atoms with van der Waals surface area (Å²) in [6.07, 6.45) is 3.91. The second kappa shape index (κ2) is 7.77. The molecule has 6 nitrogen and oxygen atoms in total. The van der Waals surface area contributed by atoms with Gasteiger partial charge in [0.05, 0.1) is 17.8 Å². The molecule has 0 saturated heterocycles. The molecule has 0 bridgehead atoms. The van der Waals surface area contributed by atoms with Gasteiger partial charge in [0.1, 0.15) is 5.69 Å². The molecule has 1 N–H and O–H groups in total. The summed E-state index contributed by atoms with van der Waals surface area (Å²) in [5.41, 5.74) is 0.321. The van der Waals surface area contributed by atoms with Crippen molar-refractivity contribution in [2.75, 3.05) is 45.7 Å². The maximum absolute atomic E-state index is 12.3. The molecule has 1 aliphatic rings. The highest BCUT2D eigenvalue weighted by molar-refractivity contribution is 6.32. The summed E-state index contributed by atoms with van der Waals surface area (Å²) >= 11 is 6.08. The van der Waals surface area contributed by atoms with E-state index in [0.29, 0.717) is 36.3 Å². The van der Waals surface area contributed by atoms with E-state index in [2.05, 4.69) is 15.3 Å². The van der Waals surface area contributed by atoms with E-state index >= 15 is 0 Å². The third-order valence-corrected chi connectivity index (χ3v) is 3.88. The zero-order valence-corrected chi connectivity index (χ0v) is 13.4. The lowest BCUT2D eigenvalue weighted by Gasteiger charge is -2.17. The lowest BCUT2D eigenvalue weighted by molar-refractivity contribution is 0.163. The zero-order chi connectivity index (χ0) is 15.2. The highest BCUT2D eigenvalue weighted by atomic mass is 35.5. The molecule has 21 heavy (non-hydrogen) atoms. The summed E-state index contributed by atoms with van der Waals surface area (Å²) in [5, 5.41) is 7.62. The molecule has 0 aromatic carbocycles. The number of nitrogens with one attached hydrogen (secondary N) is 1. The normalized spacial score (nSPS) is 14.7. The Bertz CT molecular complexity index is 516. The lowest BCUT2D eigenvalue weighted by atomic mass is 10.4. The van der Waals surface area contributed by atoms with Crippen LogP contribution in [0.2, 0.25) is 5.02 Å². The van der Waals surface area contributed by atoms with Crippen LogP contribution in [0.15, 0.2) is 11.0 Å². The number of likely N-dealkylation sites (N-methyl/N-ethyl adjacent to an activating group) is 1. The molecule has 118 valence electrons. The quantitative estimate of drug-likeness (QED) is 0.744. The van der Waals surface area contributed by atoms with Crippen LogP contribution in [0.3, 0.4) is 0 Å². The van der Waals surface area contributed by atoms with Gasteiger partial charge in [0.2, 0.25) is 0 Å². The summed E-state index contributed by atoms with van der Waals surface area (Å²) in [6, 6.07) is 0. The predicted molar refractivity (Wildman–Crippen MR) is 84.1 cm³/mol. The highest BCUT2D eigenvalue weighted by Crippen LogP contribution is 2.30. The minimum atomic E-state index is -0.131. The number of hydrogen-bond donors (Lipinski definition) is 1. The molecule has 1 fully saturated rings. The SMILES string of the molecule is COCCN(C)CCNc1c(Cl)cnn(CC2CC2)c1=O. The van der Waals surface area contributed by atoms with E-state index in [1.807, 2.05) is 7.05 Å². The fourth-order valence-corrected chi connectivity index (χ4v) is 2.23. The second-order valence-electron chi connectivity index (χ2n) is 5.52. The Morgan fingerprint density at radius 2 is 2.29 bits per heavy atom. The maximum atomic E-state index is 12.3. The van der Waals surface area contributed by atoms with Crippen molar-refractivity contribution < 1.29 is 4.74 Å². The molecule has 0 aliphatic heterocycles. The number of anilines is 1. The van der Waals surface area contributed by atoms with Gasteiger partial charge in [0, 0.05) is 33.3 Å². The summed E-state index contributed by atoms with van der Waals surface area (Å²) in [7, 11) is 3.70. The van der Waals surface area contributed by atoms with Crippen LogP contribution in [0.5, 0.6) is 0 Å². The summed E-state index contributed by atoms with van der Waals surface area (Å²) in [6.45, 7) is 3.71. The van der Waals surface area contributed by atoms with Crippen molar-refractivity contribution in [3.05, 3.63) is 21.6 Å². The number of ether oxygens (including phenoxy) is 1. The molecular weight excluding hydrogens is 292 g/mol. The first-order valence-corrected chi connectivity index (χ1v) is 7.66. The first-order chi connectivity index (χ1) is 10.1. The Labute approximate surface area is 130 Å². The van der Waals surface area contributed by atoms with Crippen molar-refractivity contribution in [3.63, 3.8) is 0 Å². The van der Waals surface area contributed by atoms with Crippen molar-refractivity contribution >= 4 is 17.3 Å². The van der Waals surface area contributed by atoms with E-state index in [0.717, 1.165) is 13.1 Å². The van der Waals surface area contributed by atoms with Crippen LogP contribution < -0.4 is 10.9 Å². The first kappa shape index (κ1) is 16.3. The van der Waals surface area contributed by atoms with Crippen LogP contribution in [-0.2, 0) is 11.3 Å². The average Bonchev–Trinajstić information content (AvgIpc) is 3.27. The van der Waals surface area contributed by atoms with Crippen LogP contribution >= 0.6 is 11.6 Å². The van der Waals surface area contributed by atoms with Crippen LogP contribution in [0.1, 0.15) is 12.8 Å². The van der Waals surface area contributed by atoms with E-state index in [-0.39, 0.29) is 5.56 Å². The topological polar surface area (TPSA) is 59.4 Å². The molecule has 0 radical (unpaired) electrons. The van der Waals surface area contributed by atoms with Gasteiger partial charge in [-0.3, -0.25) is 4.79 Å². The third-order valence-electron chi connectivity index (χ3n) is 3.60. The van der Waals surface area contributed by atoms with E-state index in [1.54, 1.807) is 13.3 Å². The van der Waals surface area contributed by atoms with Gasteiger partial charge in [-0.2, -0.15) is 5.10 Å². The van der Waals surface area contributed by atoms with Gasteiger partial charge < -0.3 is 15.0 Å². The number of hydrogen-bond acceptors (Lipinski definition) is 5. The second-order valence-corrected chi connectivity index (χ2v) is 5.93. The summed E-state index contributed by atoms with van der Waals surface area (Å²) in [4.78, 5) is 14.5. The minimum absolute atomic E-state index is 0.131. The van der Waals surface area contributed by atoms with Crippen molar-refractivity contribution in [1.82, 2.24) is 14.7 Å². The molecule has 0 unspecified atom stereocenters. The smallest absolute Gasteiger partial charge is 0.291 e. The van der Waals surface area contributed by atoms with Crippen LogP contribution in [0.25, 0.3) is 0 Å². The third kappa shape index (κ3) is 4.98. The van der Waals surface area contributed by atoms with Gasteiger partial charge in [-0.05, 0) is 25.8 Å². The zero-order valence-electron chi connectivity index (χ0n) is 12.6. The molecule has 1 saturated carbocycles. The average molecular weight is 315 g/mol. The largest absolute Gasteiger partial charge is 0.383 e. The number of rotatable bonds is 9. The highest BCUT2D eigenvalue weighted by Gasteiger charge is 2.23. The van der Waals surface area contributed by atoms with E-state index in [9.17, 15) is 4.79 Å². The Balaban J connectivity index is 1.90. The predicted octanol–water partition coefficient (Wildman–Crippen LogP) is 1.30. The molecule has 0 amide bonds. The molecule has 1 aromatic rings. The molecule has 1 heterocycles. The van der Waals surface area contributed by atoms with Crippen molar-refractivity contribution in [2.45, 2.75) is 19.4 Å². The molecule has 1 aliphatic carbocycles. The Hall–Kier alpha value is -1.11. The molecule has 0 atom stereocenters. The van der Waals surface area contributed by atoms with Crippen molar-refractivity contribution in [2.24, 2.45) is 5.92 Å². The van der Waals surface area contributed by atoms with Crippen LogP contribution in [0.4, 0.5) is 5.69 Å². The minimum Gasteiger partial charge on any atom is -0.383 e. The van der Waals surface area contributed by atoms with Crippen molar-refractivity contribution in [1.29, 1.82) is 0 Å². The van der Waals surface area contributed by atoms with Crippen molar-refractivity contribution in [3.8, 4) is 0 Å². The molecule has 1 aromatic heterocycles. The van der Waals surface area contributed by atoms with Gasteiger partial charge in [0.15, 0.2) is 0 Å². The first-order valence-electron chi connectivity index (χ1n) is 7.28. The summed E-state index contributed by atoms with van der Waals surface area (Å²) in [5.74, 6) is 0.601. The van der Waals surface area contributed by atoms with E-state index < -0.39 is 0 Å². The lowest BCUT2D eigenvalue weighted by Crippen LogP contribution is -2.31. The Morgan fingerprint density at radius 1 is 1.52 bits per heavy atom. The van der Waals surface area contributed by atoms with Gasteiger partial charge in [-0.15, -0.1) is 0 Å². The summed E-state index contributed by atoms with van der Waals surface area (Å²) < 4.78 is 6.54. The van der Waals surface area contributed by atoms with Crippen LogP contribution in [-0.4, -0.2) is 55.1 Å². The number of aromatic nitrogens is 2. The molecule has 7 heteroatoms. The van der Waals surface area contributed by atoms with Gasteiger partial charge in [-0.1, -0.05) is 11.6 Å². The number of halogens is 1. The number of nitrogens with zero attached hydrogens (tertiary/aromatic N) is 3. The van der Waals surface area contributed by atoms with Gasteiger partial charge in [-0.25, -0.2) is 4.68 Å². The monoisotopic (exact) mass is 314 g/mol. The molecule has 0 spiro atoms. The van der Waals surface area contributed by atoms with E-state index in [1.165, 1.54) is 17.5 Å². The molecular formula is C14H23ClN4O2. The van der Waals surface area contributed by atoms with E-state index in [4.69, 9.17) is 16.3 Å². The van der Waals surface area contributed by atoms with Gasteiger partial charge in [0.25, 0.3) is 5.56 Å². The standard InChI is InChI=1S/C14H23ClN4O2/c1-18(7-8-21-2)6-5-16-13-12(15)9-17-19(14(13)20)10-11-3-4-11/h9,11,16H,3-8,10H2,1-2H3. The Morgan fingerprint density at radius 3 is 2.95 bits per heavy atom. The van der Waals surface area contributed by atoms with Gasteiger partial charge >= 0.3 is 0 Å².